The third-order valence-corrected chi connectivity index (χ3v) is 5.87. The molecule has 2 atom stereocenters. The minimum Gasteiger partial charge on any atom is -0.465 e. The van der Waals surface area contributed by atoms with E-state index >= 15 is 0 Å². The third-order valence-electron chi connectivity index (χ3n) is 5.87. The van der Waals surface area contributed by atoms with Crippen molar-refractivity contribution in [1.82, 2.24) is 5.32 Å². The number of hydrogen-bond acceptors (Lipinski definition) is 4. The van der Waals surface area contributed by atoms with E-state index in [0.717, 1.165) is 16.7 Å². The Morgan fingerprint density at radius 2 is 1.81 bits per heavy atom. The van der Waals surface area contributed by atoms with Gasteiger partial charge in [-0.25, -0.2) is 4.79 Å². The van der Waals surface area contributed by atoms with Crippen LogP contribution in [0.4, 0.5) is 10.5 Å². The van der Waals surface area contributed by atoms with Crippen LogP contribution in [0.2, 0.25) is 0 Å². The number of amides is 2. The lowest BCUT2D eigenvalue weighted by molar-refractivity contribution is -0.117. The lowest BCUT2D eigenvalue weighted by Crippen LogP contribution is -2.46. The van der Waals surface area contributed by atoms with Crippen molar-refractivity contribution in [1.29, 1.82) is 0 Å². The molecule has 3 rings (SSSR count). The molecule has 7 nitrogen and oxygen atoms in total. The average Bonchev–Trinajstić information content (AvgIpc) is 2.74. The van der Waals surface area contributed by atoms with Crippen molar-refractivity contribution < 1.29 is 24.0 Å². The molecular formula is C19H27BN2O5. The van der Waals surface area contributed by atoms with Gasteiger partial charge in [0.1, 0.15) is 0 Å². The van der Waals surface area contributed by atoms with E-state index in [-0.39, 0.29) is 11.9 Å². The first-order valence-corrected chi connectivity index (χ1v) is 9.21. The second-order valence-corrected chi connectivity index (χ2v) is 8.38. The first-order chi connectivity index (χ1) is 12.4. The summed E-state index contributed by atoms with van der Waals surface area (Å²) in [5.41, 5.74) is 1.36. The van der Waals surface area contributed by atoms with Crippen LogP contribution in [0, 0.1) is 0 Å². The standard InChI is InChI=1S/C19H27BN2O5/c1-11-9-15(21-17(24)25)14-10-13(7-8-16(14)22(11)12(2)23)20-26-18(3,4)19(5,6)27-20/h7-8,10-11,15,21H,9H2,1-6H3,(H,24,25)/t11-,15+/m1/s1. The number of benzene rings is 1. The highest BCUT2D eigenvalue weighted by molar-refractivity contribution is 6.62. The number of nitrogens with zero attached hydrogens (tertiary/aromatic N) is 1. The number of fused-ring (bicyclic) bond motifs is 1. The molecule has 2 amide bonds. The average molecular weight is 374 g/mol. The summed E-state index contributed by atoms with van der Waals surface area (Å²) in [5.74, 6) is -0.0686. The SMILES string of the molecule is CC(=O)N1c2ccc(B3OC(C)(C)C(C)(C)O3)cc2[C@@H](NC(=O)O)C[C@H]1C. The molecule has 1 aromatic carbocycles. The molecule has 2 N–H and O–H groups in total. The smallest absolute Gasteiger partial charge is 0.465 e. The third kappa shape index (κ3) is 3.43. The van der Waals surface area contributed by atoms with E-state index < -0.39 is 30.5 Å². The van der Waals surface area contributed by atoms with Gasteiger partial charge >= 0.3 is 13.2 Å². The first-order valence-electron chi connectivity index (χ1n) is 9.21. The number of carboxylic acid groups (broad SMARTS) is 1. The Morgan fingerprint density at radius 3 is 2.33 bits per heavy atom. The molecule has 2 aliphatic heterocycles. The first kappa shape index (κ1) is 19.7. The van der Waals surface area contributed by atoms with E-state index in [4.69, 9.17) is 9.31 Å². The summed E-state index contributed by atoms with van der Waals surface area (Å²) in [6.07, 6.45) is -0.582. The predicted molar refractivity (Wildman–Crippen MR) is 103 cm³/mol. The fraction of sp³-hybridized carbons (Fsp3) is 0.579. The number of hydrogen-bond donors (Lipinski definition) is 2. The highest BCUT2D eigenvalue weighted by atomic mass is 16.7. The maximum Gasteiger partial charge on any atom is 0.494 e. The number of carbonyl (C=O) groups is 2. The maximum atomic E-state index is 12.2. The lowest BCUT2D eigenvalue weighted by atomic mass is 9.76. The Labute approximate surface area is 160 Å². The van der Waals surface area contributed by atoms with Crippen LogP contribution in [-0.2, 0) is 14.1 Å². The van der Waals surface area contributed by atoms with Gasteiger partial charge in [0.05, 0.1) is 17.2 Å². The van der Waals surface area contributed by atoms with Crippen molar-refractivity contribution in [3.63, 3.8) is 0 Å². The topological polar surface area (TPSA) is 88.1 Å². The molecule has 2 aliphatic rings. The predicted octanol–water partition coefficient (Wildman–Crippen LogP) is 2.44. The van der Waals surface area contributed by atoms with Gasteiger partial charge in [0.15, 0.2) is 0 Å². The van der Waals surface area contributed by atoms with Crippen molar-refractivity contribution >= 4 is 30.3 Å². The Balaban J connectivity index is 2.02. The quantitative estimate of drug-likeness (QED) is 0.777. The van der Waals surface area contributed by atoms with E-state index in [2.05, 4.69) is 5.32 Å². The van der Waals surface area contributed by atoms with E-state index in [9.17, 15) is 14.7 Å². The van der Waals surface area contributed by atoms with Crippen LogP contribution in [0.15, 0.2) is 18.2 Å². The molecule has 8 heteroatoms. The van der Waals surface area contributed by atoms with Crippen molar-refractivity contribution in [2.45, 2.75) is 71.2 Å². The van der Waals surface area contributed by atoms with Crippen LogP contribution >= 0.6 is 0 Å². The van der Waals surface area contributed by atoms with Crippen LogP contribution in [0.25, 0.3) is 0 Å². The zero-order valence-corrected chi connectivity index (χ0v) is 16.7. The zero-order valence-electron chi connectivity index (χ0n) is 16.7. The van der Waals surface area contributed by atoms with E-state index in [1.807, 2.05) is 52.8 Å². The minimum absolute atomic E-state index is 0.0686. The normalized spacial score (nSPS) is 25.9. The molecular weight excluding hydrogens is 347 g/mol. The van der Waals surface area contributed by atoms with Gasteiger partial charge in [-0.15, -0.1) is 0 Å². The summed E-state index contributed by atoms with van der Waals surface area (Å²) in [6, 6.07) is 5.12. The molecule has 146 valence electrons. The lowest BCUT2D eigenvalue weighted by Gasteiger charge is -2.39. The monoisotopic (exact) mass is 374 g/mol. The summed E-state index contributed by atoms with van der Waals surface area (Å²) in [5, 5.41) is 11.8. The summed E-state index contributed by atoms with van der Waals surface area (Å²) >= 11 is 0. The second kappa shape index (κ2) is 6.53. The summed E-state index contributed by atoms with van der Waals surface area (Å²) in [4.78, 5) is 25.1. The molecule has 1 fully saturated rings. The Morgan fingerprint density at radius 1 is 1.22 bits per heavy atom. The molecule has 0 saturated carbocycles. The van der Waals surface area contributed by atoms with E-state index in [1.165, 1.54) is 6.92 Å². The van der Waals surface area contributed by atoms with Crippen molar-refractivity contribution in [2.24, 2.45) is 0 Å². The molecule has 1 aromatic rings. The van der Waals surface area contributed by atoms with Gasteiger partial charge in [0, 0.05) is 18.7 Å². The van der Waals surface area contributed by atoms with Gasteiger partial charge < -0.3 is 24.6 Å². The molecule has 0 bridgehead atoms. The molecule has 2 heterocycles. The minimum atomic E-state index is -1.09. The summed E-state index contributed by atoms with van der Waals surface area (Å²) in [6.45, 7) is 11.4. The Kier molecular flexibility index (Phi) is 4.76. The molecule has 27 heavy (non-hydrogen) atoms. The summed E-state index contributed by atoms with van der Waals surface area (Å²) in [7, 11) is -0.545. The molecule has 0 radical (unpaired) electrons. The highest BCUT2D eigenvalue weighted by Gasteiger charge is 2.52. The maximum absolute atomic E-state index is 12.2. The molecule has 0 aromatic heterocycles. The number of anilines is 1. The molecule has 0 unspecified atom stereocenters. The van der Waals surface area contributed by atoms with E-state index in [1.54, 1.807) is 4.90 Å². The van der Waals surface area contributed by atoms with Crippen molar-refractivity contribution in [3.8, 4) is 0 Å². The fourth-order valence-corrected chi connectivity index (χ4v) is 3.77. The number of nitrogens with one attached hydrogen (secondary N) is 1. The van der Waals surface area contributed by atoms with Crippen molar-refractivity contribution in [3.05, 3.63) is 23.8 Å². The van der Waals surface area contributed by atoms with Gasteiger partial charge in [-0.3, -0.25) is 4.79 Å². The fourth-order valence-electron chi connectivity index (χ4n) is 3.77. The van der Waals surface area contributed by atoms with E-state index in [0.29, 0.717) is 6.42 Å². The number of rotatable bonds is 2. The number of carbonyl (C=O) groups excluding carboxylic acids is 1. The second-order valence-electron chi connectivity index (χ2n) is 8.38. The van der Waals surface area contributed by atoms with Crippen LogP contribution in [0.5, 0.6) is 0 Å². The van der Waals surface area contributed by atoms with Crippen LogP contribution in [0.1, 0.15) is 59.6 Å². The van der Waals surface area contributed by atoms with Gasteiger partial charge in [-0.1, -0.05) is 12.1 Å². The van der Waals surface area contributed by atoms with Crippen molar-refractivity contribution in [2.75, 3.05) is 4.90 Å². The van der Waals surface area contributed by atoms with Crippen LogP contribution in [-0.4, -0.2) is 41.5 Å². The zero-order chi connectivity index (χ0) is 20.1. The van der Waals surface area contributed by atoms with Gasteiger partial charge in [-0.2, -0.15) is 0 Å². The molecule has 1 saturated heterocycles. The largest absolute Gasteiger partial charge is 0.494 e. The Bertz CT molecular complexity index is 763. The van der Waals surface area contributed by atoms with Crippen LogP contribution in [0.3, 0.4) is 0 Å². The van der Waals surface area contributed by atoms with Gasteiger partial charge in [0.25, 0.3) is 0 Å². The van der Waals surface area contributed by atoms with Gasteiger partial charge in [-0.05, 0) is 58.1 Å². The molecule has 0 spiro atoms. The highest BCUT2D eigenvalue weighted by Crippen LogP contribution is 2.39. The van der Waals surface area contributed by atoms with Crippen LogP contribution < -0.4 is 15.7 Å². The molecule has 0 aliphatic carbocycles. The summed E-state index contributed by atoms with van der Waals surface area (Å²) < 4.78 is 12.2. The van der Waals surface area contributed by atoms with Gasteiger partial charge in [0.2, 0.25) is 5.91 Å². The Hall–Kier alpha value is -2.06.